The van der Waals surface area contributed by atoms with Crippen LogP contribution in [0.2, 0.25) is 0 Å². The number of nitrogens with two attached hydrogens (primary N) is 1. The van der Waals surface area contributed by atoms with E-state index < -0.39 is 0 Å². The van der Waals surface area contributed by atoms with Crippen LogP contribution in [-0.2, 0) is 6.54 Å². The number of nitrogens with one attached hydrogen (secondary N) is 1. The van der Waals surface area contributed by atoms with Crippen LogP contribution in [0.15, 0.2) is 24.3 Å². The molecule has 1 aromatic carbocycles. The molecule has 0 amide bonds. The summed E-state index contributed by atoms with van der Waals surface area (Å²) in [6.07, 6.45) is 1.04. The highest BCUT2D eigenvalue weighted by molar-refractivity contribution is 7.27. The minimum Gasteiger partial charge on any atom is -0.330 e. The molecule has 1 aromatic rings. The summed E-state index contributed by atoms with van der Waals surface area (Å²) in [7, 11) is 2.68. The first kappa shape index (κ1) is 10.6. The summed E-state index contributed by atoms with van der Waals surface area (Å²) in [5.41, 5.74) is 6.71. The summed E-state index contributed by atoms with van der Waals surface area (Å²) in [5.74, 6) is 0. The van der Waals surface area contributed by atoms with Crippen LogP contribution in [0, 0.1) is 0 Å². The molecule has 1 unspecified atom stereocenters. The lowest BCUT2D eigenvalue weighted by Crippen LogP contribution is -2.17. The van der Waals surface area contributed by atoms with E-state index in [2.05, 4.69) is 38.8 Å². The van der Waals surface area contributed by atoms with Gasteiger partial charge in [-0.3, -0.25) is 0 Å². The molecule has 1 atom stereocenters. The van der Waals surface area contributed by atoms with Gasteiger partial charge in [0.1, 0.15) is 0 Å². The zero-order chi connectivity index (χ0) is 9.52. The Morgan fingerprint density at radius 1 is 1.23 bits per heavy atom. The van der Waals surface area contributed by atoms with Crippen molar-refractivity contribution in [2.45, 2.75) is 13.0 Å². The second-order valence-electron chi connectivity index (χ2n) is 3.06. The first-order valence-electron chi connectivity index (χ1n) is 4.58. The molecule has 0 bridgehead atoms. The van der Waals surface area contributed by atoms with Gasteiger partial charge in [-0.2, -0.15) is 0 Å². The van der Waals surface area contributed by atoms with Crippen molar-refractivity contribution in [3.8, 4) is 0 Å². The van der Waals surface area contributed by atoms with Crippen LogP contribution in [0.4, 0.5) is 0 Å². The normalized spacial score (nSPS) is 10.3. The molecule has 0 spiro atoms. The molecular formula is C10H17N2P. The van der Waals surface area contributed by atoms with Gasteiger partial charge in [0.25, 0.3) is 0 Å². The second-order valence-corrected chi connectivity index (χ2v) is 3.73. The lowest BCUT2D eigenvalue weighted by atomic mass is 10.2. The quantitative estimate of drug-likeness (QED) is 0.535. The lowest BCUT2D eigenvalue weighted by molar-refractivity contribution is 0.655. The van der Waals surface area contributed by atoms with Crippen LogP contribution >= 0.6 is 9.24 Å². The average molecular weight is 196 g/mol. The van der Waals surface area contributed by atoms with Crippen molar-refractivity contribution in [1.82, 2.24) is 5.32 Å². The van der Waals surface area contributed by atoms with E-state index in [1.54, 1.807) is 0 Å². The largest absolute Gasteiger partial charge is 0.330 e. The van der Waals surface area contributed by atoms with Gasteiger partial charge in [0.2, 0.25) is 0 Å². The topological polar surface area (TPSA) is 38.0 Å². The molecule has 0 aromatic heterocycles. The molecule has 0 heterocycles. The second kappa shape index (κ2) is 6.09. The van der Waals surface area contributed by atoms with Gasteiger partial charge in [-0.05, 0) is 30.4 Å². The van der Waals surface area contributed by atoms with Crippen LogP contribution in [0.5, 0.6) is 0 Å². The minimum absolute atomic E-state index is 0.761. The maximum atomic E-state index is 5.39. The van der Waals surface area contributed by atoms with Crippen molar-refractivity contribution >= 4 is 14.5 Å². The van der Waals surface area contributed by atoms with Crippen LogP contribution in [0.1, 0.15) is 12.0 Å². The molecule has 0 aliphatic carbocycles. The number of hydrogen-bond donors (Lipinski definition) is 2. The van der Waals surface area contributed by atoms with Crippen molar-refractivity contribution < 1.29 is 0 Å². The molecule has 3 N–H and O–H groups in total. The number of rotatable bonds is 5. The highest BCUT2D eigenvalue weighted by Crippen LogP contribution is 1.98. The van der Waals surface area contributed by atoms with Gasteiger partial charge >= 0.3 is 0 Å². The Morgan fingerprint density at radius 3 is 2.54 bits per heavy atom. The van der Waals surface area contributed by atoms with E-state index in [-0.39, 0.29) is 0 Å². The van der Waals surface area contributed by atoms with Gasteiger partial charge in [0.15, 0.2) is 0 Å². The van der Waals surface area contributed by atoms with Gasteiger partial charge in [0.05, 0.1) is 0 Å². The highest BCUT2D eigenvalue weighted by atomic mass is 31.0. The minimum atomic E-state index is 0.761. The van der Waals surface area contributed by atoms with E-state index in [1.165, 1.54) is 10.9 Å². The van der Waals surface area contributed by atoms with Crippen LogP contribution in [0.3, 0.4) is 0 Å². The van der Waals surface area contributed by atoms with Crippen LogP contribution in [0.25, 0.3) is 0 Å². The fraction of sp³-hybridized carbons (Fsp3) is 0.400. The van der Waals surface area contributed by atoms with Gasteiger partial charge < -0.3 is 11.1 Å². The molecular weight excluding hydrogens is 179 g/mol. The van der Waals surface area contributed by atoms with E-state index in [0.29, 0.717) is 0 Å². The van der Waals surface area contributed by atoms with E-state index in [9.17, 15) is 0 Å². The summed E-state index contributed by atoms with van der Waals surface area (Å²) >= 11 is 0. The predicted molar refractivity (Wildman–Crippen MR) is 61.2 cm³/mol. The zero-order valence-corrected chi connectivity index (χ0v) is 8.95. The van der Waals surface area contributed by atoms with Crippen molar-refractivity contribution in [2.24, 2.45) is 5.73 Å². The van der Waals surface area contributed by atoms with Gasteiger partial charge in [-0.1, -0.05) is 24.3 Å². The summed E-state index contributed by atoms with van der Waals surface area (Å²) < 4.78 is 0. The number of hydrogen-bond acceptors (Lipinski definition) is 2. The molecule has 1 rings (SSSR count). The average Bonchev–Trinajstić information content (AvgIpc) is 2.15. The third kappa shape index (κ3) is 4.37. The lowest BCUT2D eigenvalue weighted by Gasteiger charge is -2.03. The molecule has 72 valence electrons. The molecule has 2 nitrogen and oxygen atoms in total. The molecule has 0 aliphatic rings. The highest BCUT2D eigenvalue weighted by Gasteiger charge is 1.91. The zero-order valence-electron chi connectivity index (χ0n) is 7.79. The Labute approximate surface area is 82.1 Å². The van der Waals surface area contributed by atoms with E-state index in [1.807, 2.05) is 0 Å². The molecule has 0 saturated carbocycles. The van der Waals surface area contributed by atoms with Crippen molar-refractivity contribution in [3.63, 3.8) is 0 Å². The Bertz CT molecular complexity index is 233. The molecule has 13 heavy (non-hydrogen) atoms. The first-order valence-corrected chi connectivity index (χ1v) is 5.16. The van der Waals surface area contributed by atoms with Crippen molar-refractivity contribution in [3.05, 3.63) is 29.8 Å². The van der Waals surface area contributed by atoms with Crippen LogP contribution in [-0.4, -0.2) is 13.1 Å². The van der Waals surface area contributed by atoms with Gasteiger partial charge in [-0.15, -0.1) is 9.24 Å². The maximum absolute atomic E-state index is 5.39. The van der Waals surface area contributed by atoms with Gasteiger partial charge in [0, 0.05) is 6.54 Å². The summed E-state index contributed by atoms with van der Waals surface area (Å²) in [4.78, 5) is 0. The third-order valence-electron chi connectivity index (χ3n) is 1.87. The summed E-state index contributed by atoms with van der Waals surface area (Å²) in [6.45, 7) is 2.70. The fourth-order valence-corrected chi connectivity index (χ4v) is 1.29. The Hall–Kier alpha value is -0.430. The molecule has 0 radical (unpaired) electrons. The molecule has 0 aliphatic heterocycles. The van der Waals surface area contributed by atoms with Crippen molar-refractivity contribution in [2.75, 3.05) is 13.1 Å². The standard InChI is InChI=1S/C10H17N2P/c11-6-1-7-12-8-9-2-4-10(13)5-3-9/h2-5,12H,1,6-8,11,13H2. The fourth-order valence-electron chi connectivity index (χ4n) is 1.10. The van der Waals surface area contributed by atoms with Gasteiger partial charge in [-0.25, -0.2) is 0 Å². The van der Waals surface area contributed by atoms with Crippen molar-refractivity contribution in [1.29, 1.82) is 0 Å². The Balaban J connectivity index is 2.25. The monoisotopic (exact) mass is 196 g/mol. The summed E-state index contributed by atoms with van der Waals surface area (Å²) in [6, 6.07) is 8.48. The Kier molecular flexibility index (Phi) is 4.99. The smallest absolute Gasteiger partial charge is 0.0205 e. The third-order valence-corrected chi connectivity index (χ3v) is 2.25. The first-order chi connectivity index (χ1) is 6.33. The molecule has 3 heteroatoms. The Morgan fingerprint density at radius 2 is 1.92 bits per heavy atom. The van der Waals surface area contributed by atoms with Crippen LogP contribution < -0.4 is 16.4 Å². The SMILES string of the molecule is NCCCNCc1ccc(P)cc1. The predicted octanol–water partition coefficient (Wildman–Crippen LogP) is 0.625. The summed E-state index contributed by atoms with van der Waals surface area (Å²) in [5, 5.41) is 4.56. The molecule has 0 saturated heterocycles. The van der Waals surface area contributed by atoms with E-state index in [4.69, 9.17) is 5.73 Å². The molecule has 0 fully saturated rings. The number of benzene rings is 1. The van der Waals surface area contributed by atoms with E-state index >= 15 is 0 Å². The maximum Gasteiger partial charge on any atom is 0.0205 e. The van der Waals surface area contributed by atoms with E-state index in [0.717, 1.165) is 26.1 Å².